The zero-order valence-electron chi connectivity index (χ0n) is 14.1. The molecule has 0 amide bonds. The Balaban J connectivity index is 0.00000220. The topological polar surface area (TPSA) is 41.6 Å². The van der Waals surface area contributed by atoms with Gasteiger partial charge in [0.15, 0.2) is 0 Å². The molecule has 2 aliphatic heterocycles. The number of likely N-dealkylation sites (tertiary alicyclic amines) is 1. The average molecular weight is 355 g/mol. The molecule has 4 nitrogen and oxygen atoms in total. The van der Waals surface area contributed by atoms with Crippen LogP contribution in [0, 0.1) is 11.8 Å². The predicted octanol–water partition coefficient (Wildman–Crippen LogP) is 2.88. The monoisotopic (exact) mass is 354 g/mol. The van der Waals surface area contributed by atoms with E-state index in [1.54, 1.807) is 0 Å². The lowest BCUT2D eigenvalue weighted by Crippen LogP contribution is -2.55. The first kappa shape index (κ1) is 22.0. The number of rotatable bonds is 4. The third kappa shape index (κ3) is 5.26. The molecule has 2 fully saturated rings. The van der Waals surface area contributed by atoms with Crippen LogP contribution in [0.25, 0.3) is 0 Å². The number of hydrogen-bond acceptors (Lipinski definition) is 4. The van der Waals surface area contributed by atoms with Crippen molar-refractivity contribution in [3.8, 4) is 0 Å². The van der Waals surface area contributed by atoms with Gasteiger partial charge in [-0.15, -0.1) is 24.8 Å². The van der Waals surface area contributed by atoms with E-state index in [-0.39, 0.29) is 30.8 Å². The van der Waals surface area contributed by atoms with Crippen LogP contribution >= 0.6 is 24.8 Å². The van der Waals surface area contributed by atoms with Gasteiger partial charge in [0.1, 0.15) is 5.54 Å². The summed E-state index contributed by atoms with van der Waals surface area (Å²) in [7, 11) is 0. The van der Waals surface area contributed by atoms with Crippen LogP contribution in [0.4, 0.5) is 0 Å². The summed E-state index contributed by atoms with van der Waals surface area (Å²) in [6, 6.07) is 0. The molecule has 0 aromatic carbocycles. The maximum absolute atomic E-state index is 12.2. The van der Waals surface area contributed by atoms with Crippen molar-refractivity contribution in [1.29, 1.82) is 0 Å². The molecule has 2 aliphatic rings. The van der Waals surface area contributed by atoms with Crippen LogP contribution in [0.3, 0.4) is 0 Å². The summed E-state index contributed by atoms with van der Waals surface area (Å²) < 4.78 is 5.25. The molecule has 0 bridgehead atoms. The molecule has 1 atom stereocenters. The highest BCUT2D eigenvalue weighted by Gasteiger charge is 2.40. The molecule has 22 heavy (non-hydrogen) atoms. The SMILES string of the molecule is CCOC(=O)C(C)(C)N1CCCC(C2CCNCC2)C1.Cl.Cl. The number of nitrogens with zero attached hydrogens (tertiary/aromatic N) is 1. The lowest BCUT2D eigenvalue weighted by molar-refractivity contribution is -0.157. The third-order valence-electron chi connectivity index (χ3n) is 5.07. The van der Waals surface area contributed by atoms with Gasteiger partial charge in [0, 0.05) is 6.54 Å². The van der Waals surface area contributed by atoms with E-state index in [1.807, 2.05) is 20.8 Å². The van der Waals surface area contributed by atoms with Gasteiger partial charge in [-0.05, 0) is 77.9 Å². The Labute approximate surface area is 147 Å². The maximum atomic E-state index is 12.2. The predicted molar refractivity (Wildman–Crippen MR) is 95.1 cm³/mol. The largest absolute Gasteiger partial charge is 0.465 e. The van der Waals surface area contributed by atoms with Crippen LogP contribution in [0.2, 0.25) is 0 Å². The quantitative estimate of drug-likeness (QED) is 0.788. The number of piperidine rings is 2. The lowest BCUT2D eigenvalue weighted by Gasteiger charge is -2.44. The van der Waals surface area contributed by atoms with Crippen molar-refractivity contribution in [3.63, 3.8) is 0 Å². The van der Waals surface area contributed by atoms with Crippen LogP contribution in [-0.4, -0.2) is 49.2 Å². The van der Waals surface area contributed by atoms with E-state index in [9.17, 15) is 4.79 Å². The van der Waals surface area contributed by atoms with E-state index in [0.29, 0.717) is 6.61 Å². The van der Waals surface area contributed by atoms with Gasteiger partial charge >= 0.3 is 5.97 Å². The minimum Gasteiger partial charge on any atom is -0.465 e. The zero-order chi connectivity index (χ0) is 14.6. The van der Waals surface area contributed by atoms with Crippen LogP contribution in [0.5, 0.6) is 0 Å². The summed E-state index contributed by atoms with van der Waals surface area (Å²) in [6.45, 7) is 10.7. The van der Waals surface area contributed by atoms with Crippen molar-refractivity contribution < 1.29 is 9.53 Å². The molecule has 1 N–H and O–H groups in total. The van der Waals surface area contributed by atoms with Crippen molar-refractivity contribution in [2.45, 2.75) is 52.0 Å². The minimum absolute atomic E-state index is 0. The van der Waals surface area contributed by atoms with Crippen molar-refractivity contribution >= 4 is 30.8 Å². The first-order valence-corrected chi connectivity index (χ1v) is 8.18. The molecule has 0 aromatic heterocycles. The number of ether oxygens (including phenoxy) is 1. The minimum atomic E-state index is -0.485. The number of halogens is 2. The smallest absolute Gasteiger partial charge is 0.325 e. The molecule has 2 saturated heterocycles. The molecule has 1 unspecified atom stereocenters. The maximum Gasteiger partial charge on any atom is 0.325 e. The van der Waals surface area contributed by atoms with Crippen LogP contribution in [-0.2, 0) is 9.53 Å². The highest BCUT2D eigenvalue weighted by molar-refractivity contribution is 5.85. The number of carbonyl (C=O) groups is 1. The summed E-state index contributed by atoms with van der Waals surface area (Å²) >= 11 is 0. The van der Waals surface area contributed by atoms with Crippen molar-refractivity contribution in [2.24, 2.45) is 11.8 Å². The first-order chi connectivity index (χ1) is 9.55. The number of carbonyl (C=O) groups excluding carboxylic acids is 1. The molecule has 0 spiro atoms. The first-order valence-electron chi connectivity index (χ1n) is 8.18. The van der Waals surface area contributed by atoms with Gasteiger partial charge in [-0.1, -0.05) is 0 Å². The Bertz CT molecular complexity index is 334. The Morgan fingerprint density at radius 3 is 2.41 bits per heavy atom. The summed E-state index contributed by atoms with van der Waals surface area (Å²) in [5.41, 5.74) is -0.485. The summed E-state index contributed by atoms with van der Waals surface area (Å²) in [4.78, 5) is 14.5. The van der Waals surface area contributed by atoms with Crippen molar-refractivity contribution in [3.05, 3.63) is 0 Å². The van der Waals surface area contributed by atoms with Crippen molar-refractivity contribution in [2.75, 3.05) is 32.8 Å². The van der Waals surface area contributed by atoms with Crippen LogP contribution in [0.1, 0.15) is 46.5 Å². The van der Waals surface area contributed by atoms with E-state index in [4.69, 9.17) is 4.74 Å². The Hall–Kier alpha value is -0.0300. The van der Waals surface area contributed by atoms with Gasteiger partial charge in [-0.3, -0.25) is 9.69 Å². The van der Waals surface area contributed by atoms with E-state index >= 15 is 0 Å². The van der Waals surface area contributed by atoms with Gasteiger partial charge in [0.25, 0.3) is 0 Å². The summed E-state index contributed by atoms with van der Waals surface area (Å²) in [5, 5.41) is 3.44. The van der Waals surface area contributed by atoms with Gasteiger partial charge < -0.3 is 10.1 Å². The number of hydrogen-bond donors (Lipinski definition) is 1. The molecule has 0 aromatic rings. The molecule has 6 heteroatoms. The lowest BCUT2D eigenvalue weighted by atomic mass is 9.79. The van der Waals surface area contributed by atoms with Gasteiger partial charge in [-0.25, -0.2) is 0 Å². The molecule has 132 valence electrons. The Kier molecular flexibility index (Phi) is 9.95. The summed E-state index contributed by atoms with van der Waals surface area (Å²) in [5.74, 6) is 1.50. The normalized spacial score (nSPS) is 24.0. The fraction of sp³-hybridized carbons (Fsp3) is 0.938. The number of esters is 1. The molecule has 0 radical (unpaired) electrons. The third-order valence-corrected chi connectivity index (χ3v) is 5.07. The molecule has 2 heterocycles. The zero-order valence-corrected chi connectivity index (χ0v) is 15.7. The fourth-order valence-electron chi connectivity index (χ4n) is 3.65. The molecule has 0 aliphatic carbocycles. The molecule has 2 rings (SSSR count). The average Bonchev–Trinajstić information content (AvgIpc) is 2.48. The molecular formula is C16H32Cl2N2O2. The van der Waals surface area contributed by atoms with E-state index < -0.39 is 5.54 Å². The highest BCUT2D eigenvalue weighted by atomic mass is 35.5. The Morgan fingerprint density at radius 1 is 1.18 bits per heavy atom. The van der Waals surface area contributed by atoms with Crippen LogP contribution < -0.4 is 5.32 Å². The second-order valence-corrected chi connectivity index (χ2v) is 6.72. The number of nitrogens with one attached hydrogen (secondary N) is 1. The second-order valence-electron chi connectivity index (χ2n) is 6.72. The van der Waals surface area contributed by atoms with Gasteiger partial charge in [0.05, 0.1) is 6.61 Å². The summed E-state index contributed by atoms with van der Waals surface area (Å²) in [6.07, 6.45) is 5.11. The fourth-order valence-corrected chi connectivity index (χ4v) is 3.65. The van der Waals surface area contributed by atoms with E-state index in [0.717, 1.165) is 38.0 Å². The molecule has 0 saturated carbocycles. The standard InChI is InChI=1S/C16H30N2O2.2ClH/c1-4-20-15(19)16(2,3)18-11-5-6-14(12-18)13-7-9-17-10-8-13;;/h13-14,17H,4-12H2,1-3H3;2*1H. The van der Waals surface area contributed by atoms with Gasteiger partial charge in [-0.2, -0.15) is 0 Å². The van der Waals surface area contributed by atoms with Crippen LogP contribution in [0.15, 0.2) is 0 Å². The second kappa shape index (κ2) is 9.96. The molecular weight excluding hydrogens is 323 g/mol. The van der Waals surface area contributed by atoms with Crippen molar-refractivity contribution in [1.82, 2.24) is 10.2 Å². The van der Waals surface area contributed by atoms with E-state index in [1.165, 1.54) is 25.7 Å². The van der Waals surface area contributed by atoms with E-state index in [2.05, 4.69) is 10.2 Å². The highest BCUT2D eigenvalue weighted by Crippen LogP contribution is 2.33. The van der Waals surface area contributed by atoms with Gasteiger partial charge in [0.2, 0.25) is 0 Å². The Morgan fingerprint density at radius 2 is 1.82 bits per heavy atom.